The lowest BCUT2D eigenvalue weighted by Crippen LogP contribution is -2.44. The molecule has 2 aromatic heterocycles. The predicted octanol–water partition coefficient (Wildman–Crippen LogP) is -0.854. The SMILES string of the molecule is CO/N=C(\[O-])C[n+]1ccc(-c2ncccn2)cn1. The molecule has 0 fully saturated rings. The van der Waals surface area contributed by atoms with Gasteiger partial charge >= 0.3 is 0 Å². The van der Waals surface area contributed by atoms with Gasteiger partial charge in [0, 0.05) is 24.0 Å². The Morgan fingerprint density at radius 3 is 2.83 bits per heavy atom. The van der Waals surface area contributed by atoms with Crippen LogP contribution in [-0.2, 0) is 11.4 Å². The first-order chi connectivity index (χ1) is 8.79. The van der Waals surface area contributed by atoms with E-state index in [2.05, 4.69) is 25.1 Å². The molecule has 0 aliphatic carbocycles. The molecule has 0 spiro atoms. The number of rotatable bonds is 4. The summed E-state index contributed by atoms with van der Waals surface area (Å²) in [6, 6.07) is 3.52. The smallest absolute Gasteiger partial charge is 0.206 e. The van der Waals surface area contributed by atoms with Crippen molar-refractivity contribution in [1.82, 2.24) is 15.1 Å². The van der Waals surface area contributed by atoms with Crippen molar-refractivity contribution in [2.24, 2.45) is 5.16 Å². The van der Waals surface area contributed by atoms with Crippen LogP contribution in [0.15, 0.2) is 42.1 Å². The molecule has 92 valence electrons. The van der Waals surface area contributed by atoms with Crippen LogP contribution in [-0.4, -0.2) is 28.1 Å². The van der Waals surface area contributed by atoms with Crippen molar-refractivity contribution >= 4 is 5.90 Å². The summed E-state index contributed by atoms with van der Waals surface area (Å²) in [5, 5.41) is 18.5. The van der Waals surface area contributed by atoms with E-state index in [0.29, 0.717) is 5.82 Å². The van der Waals surface area contributed by atoms with Crippen LogP contribution in [0.3, 0.4) is 0 Å². The van der Waals surface area contributed by atoms with Gasteiger partial charge in [-0.3, -0.25) is 0 Å². The first-order valence-electron chi connectivity index (χ1n) is 5.20. The van der Waals surface area contributed by atoms with E-state index in [0.717, 1.165) is 5.56 Å². The lowest BCUT2D eigenvalue weighted by molar-refractivity contribution is -0.744. The highest BCUT2D eigenvalue weighted by atomic mass is 16.6. The molecular formula is C11H11N5O2. The second kappa shape index (κ2) is 5.67. The Kier molecular flexibility index (Phi) is 3.75. The third kappa shape index (κ3) is 2.97. The monoisotopic (exact) mass is 245 g/mol. The molecule has 0 radical (unpaired) electrons. The fraction of sp³-hybridized carbons (Fsp3) is 0.182. The van der Waals surface area contributed by atoms with Gasteiger partial charge in [-0.15, -0.1) is 5.16 Å². The van der Waals surface area contributed by atoms with Gasteiger partial charge in [0.1, 0.15) is 13.3 Å². The maximum absolute atomic E-state index is 11.2. The van der Waals surface area contributed by atoms with Crippen molar-refractivity contribution < 1.29 is 14.6 Å². The van der Waals surface area contributed by atoms with Crippen LogP contribution < -0.4 is 9.79 Å². The molecule has 0 saturated carbocycles. The van der Waals surface area contributed by atoms with Crippen molar-refractivity contribution in [3.05, 3.63) is 36.9 Å². The van der Waals surface area contributed by atoms with Crippen molar-refractivity contribution in [3.8, 4) is 11.4 Å². The number of hydrogen-bond acceptors (Lipinski definition) is 6. The summed E-state index contributed by atoms with van der Waals surface area (Å²) in [5.74, 6) is 0.184. The minimum absolute atomic E-state index is 0.0315. The average Bonchev–Trinajstić information content (AvgIpc) is 2.41. The second-order valence-electron chi connectivity index (χ2n) is 3.35. The summed E-state index contributed by atoms with van der Waals surface area (Å²) in [4.78, 5) is 12.6. The molecule has 0 aliphatic heterocycles. The first kappa shape index (κ1) is 11.9. The van der Waals surface area contributed by atoms with E-state index in [1.165, 1.54) is 11.8 Å². The van der Waals surface area contributed by atoms with Gasteiger partial charge in [0.2, 0.25) is 6.54 Å². The van der Waals surface area contributed by atoms with Crippen molar-refractivity contribution in [1.29, 1.82) is 0 Å². The Hall–Kier alpha value is -2.57. The molecule has 0 amide bonds. The zero-order valence-corrected chi connectivity index (χ0v) is 9.72. The topological polar surface area (TPSA) is 87.2 Å². The maximum Gasteiger partial charge on any atom is 0.206 e. The quantitative estimate of drug-likeness (QED) is 0.303. The van der Waals surface area contributed by atoms with Crippen LogP contribution in [0.4, 0.5) is 0 Å². The Balaban J connectivity index is 2.13. The van der Waals surface area contributed by atoms with E-state index in [4.69, 9.17) is 0 Å². The van der Waals surface area contributed by atoms with Gasteiger partial charge in [-0.05, 0) is 11.2 Å². The van der Waals surface area contributed by atoms with Crippen LogP contribution in [0.1, 0.15) is 0 Å². The van der Waals surface area contributed by atoms with Crippen molar-refractivity contribution in [3.63, 3.8) is 0 Å². The van der Waals surface area contributed by atoms with Gasteiger partial charge in [-0.1, -0.05) is 4.68 Å². The van der Waals surface area contributed by atoms with E-state index < -0.39 is 5.90 Å². The van der Waals surface area contributed by atoms with Crippen LogP contribution in [0.5, 0.6) is 0 Å². The minimum atomic E-state index is -0.404. The van der Waals surface area contributed by atoms with E-state index in [-0.39, 0.29) is 6.54 Å². The molecule has 0 atom stereocenters. The number of oxime groups is 1. The Morgan fingerprint density at radius 2 is 2.22 bits per heavy atom. The molecule has 0 saturated heterocycles. The molecule has 18 heavy (non-hydrogen) atoms. The van der Waals surface area contributed by atoms with E-state index in [1.54, 1.807) is 36.9 Å². The van der Waals surface area contributed by atoms with Crippen LogP contribution in [0, 0.1) is 0 Å². The molecule has 7 nitrogen and oxygen atoms in total. The van der Waals surface area contributed by atoms with E-state index >= 15 is 0 Å². The van der Waals surface area contributed by atoms with Gasteiger partial charge in [0.05, 0.1) is 5.90 Å². The maximum atomic E-state index is 11.2. The highest BCUT2D eigenvalue weighted by molar-refractivity contribution is 5.68. The lowest BCUT2D eigenvalue weighted by atomic mass is 10.3. The van der Waals surface area contributed by atoms with Gasteiger partial charge in [0.25, 0.3) is 0 Å². The third-order valence-corrected chi connectivity index (χ3v) is 2.09. The van der Waals surface area contributed by atoms with Crippen molar-refractivity contribution in [2.45, 2.75) is 6.54 Å². The predicted molar refractivity (Wildman–Crippen MR) is 59.9 cm³/mol. The summed E-state index contributed by atoms with van der Waals surface area (Å²) in [6.45, 7) is 0.0315. The number of nitrogens with zero attached hydrogens (tertiary/aromatic N) is 5. The largest absolute Gasteiger partial charge is 0.855 e. The molecule has 0 bridgehead atoms. The molecule has 0 aliphatic rings. The van der Waals surface area contributed by atoms with Crippen LogP contribution >= 0.6 is 0 Å². The second-order valence-corrected chi connectivity index (χ2v) is 3.35. The zero-order valence-electron chi connectivity index (χ0n) is 9.72. The highest BCUT2D eigenvalue weighted by Crippen LogP contribution is 2.08. The van der Waals surface area contributed by atoms with Crippen LogP contribution in [0.2, 0.25) is 0 Å². The Morgan fingerprint density at radius 1 is 1.44 bits per heavy atom. The number of aromatic nitrogens is 4. The molecule has 7 heteroatoms. The average molecular weight is 245 g/mol. The van der Waals surface area contributed by atoms with Gasteiger partial charge in [0.15, 0.2) is 12.0 Å². The highest BCUT2D eigenvalue weighted by Gasteiger charge is 2.06. The summed E-state index contributed by atoms with van der Waals surface area (Å²) in [7, 11) is 1.33. The summed E-state index contributed by atoms with van der Waals surface area (Å²) >= 11 is 0. The molecule has 0 unspecified atom stereocenters. The Bertz CT molecular complexity index is 527. The summed E-state index contributed by atoms with van der Waals surface area (Å²) in [5.41, 5.74) is 0.781. The lowest BCUT2D eigenvalue weighted by Gasteiger charge is -2.03. The summed E-state index contributed by atoms with van der Waals surface area (Å²) in [6.07, 6.45) is 6.57. The Labute approximate surface area is 103 Å². The fourth-order valence-corrected chi connectivity index (χ4v) is 1.33. The van der Waals surface area contributed by atoms with Crippen LogP contribution in [0.25, 0.3) is 11.4 Å². The van der Waals surface area contributed by atoms with E-state index in [1.807, 2.05) is 0 Å². The standard InChI is InChI=1S/C11H11N5O2/c1-18-15-10(17)8-16-6-3-9(7-14-16)11-12-4-2-5-13-11/h2-7H,8H2,1H3. The fourth-order valence-electron chi connectivity index (χ4n) is 1.33. The molecule has 2 rings (SSSR count). The molecule has 2 aromatic rings. The first-order valence-corrected chi connectivity index (χ1v) is 5.20. The normalized spacial score (nSPS) is 11.3. The molecule has 0 N–H and O–H groups in total. The minimum Gasteiger partial charge on any atom is -0.855 e. The van der Waals surface area contributed by atoms with Crippen molar-refractivity contribution in [2.75, 3.05) is 7.11 Å². The molecule has 0 aromatic carbocycles. The van der Waals surface area contributed by atoms with Gasteiger partial charge in [-0.2, -0.15) is 0 Å². The van der Waals surface area contributed by atoms with Gasteiger partial charge < -0.3 is 9.94 Å². The number of hydrogen-bond donors (Lipinski definition) is 0. The zero-order chi connectivity index (χ0) is 12.8. The third-order valence-electron chi connectivity index (χ3n) is 2.09. The summed E-state index contributed by atoms with van der Waals surface area (Å²) < 4.78 is 1.46. The molecule has 2 heterocycles. The molecular weight excluding hydrogens is 234 g/mol. The van der Waals surface area contributed by atoms with Gasteiger partial charge in [-0.25, -0.2) is 9.97 Å². The van der Waals surface area contributed by atoms with E-state index in [9.17, 15) is 5.11 Å².